The molecule has 0 fully saturated rings. The highest BCUT2D eigenvalue weighted by Gasteiger charge is 2.04. The minimum absolute atomic E-state index is 0.194. The molecule has 0 aliphatic heterocycles. The van der Waals surface area contributed by atoms with E-state index in [1.54, 1.807) is 17.4 Å². The van der Waals surface area contributed by atoms with Crippen LogP contribution in [0.4, 0.5) is 0 Å². The first-order valence-electron chi connectivity index (χ1n) is 6.39. The smallest absolute Gasteiger partial charge is 0.161 e. The Labute approximate surface area is 117 Å². The van der Waals surface area contributed by atoms with E-state index in [0.29, 0.717) is 12.4 Å². The maximum atomic E-state index is 9.63. The van der Waals surface area contributed by atoms with E-state index < -0.39 is 0 Å². The van der Waals surface area contributed by atoms with Crippen molar-refractivity contribution >= 4 is 11.3 Å². The Balaban J connectivity index is 1.92. The molecule has 0 atom stereocenters. The van der Waals surface area contributed by atoms with Crippen LogP contribution in [0.1, 0.15) is 22.9 Å². The van der Waals surface area contributed by atoms with Gasteiger partial charge in [-0.15, -0.1) is 11.3 Å². The minimum Gasteiger partial charge on any atom is -0.504 e. The van der Waals surface area contributed by atoms with Crippen molar-refractivity contribution in [3.63, 3.8) is 0 Å². The first-order valence-corrected chi connectivity index (χ1v) is 7.27. The number of nitrogens with one attached hydrogen (secondary N) is 1. The number of phenolic OH excluding ortho intramolecular Hbond substituents is 1. The molecule has 1 aromatic heterocycles. The lowest BCUT2D eigenvalue weighted by atomic mass is 10.2. The molecule has 0 amide bonds. The highest BCUT2D eigenvalue weighted by molar-refractivity contribution is 7.10. The summed E-state index contributed by atoms with van der Waals surface area (Å²) in [5, 5.41) is 15.2. The summed E-state index contributed by atoms with van der Waals surface area (Å²) in [6, 6.07) is 7.60. The molecule has 1 heterocycles. The predicted octanol–water partition coefficient (Wildman–Crippen LogP) is 3.45. The molecule has 0 unspecified atom stereocenters. The van der Waals surface area contributed by atoms with E-state index in [9.17, 15) is 5.11 Å². The van der Waals surface area contributed by atoms with E-state index in [0.717, 1.165) is 18.7 Å². The number of hydrogen-bond donors (Lipinski definition) is 2. The number of benzene rings is 1. The van der Waals surface area contributed by atoms with Crippen molar-refractivity contribution in [1.82, 2.24) is 5.32 Å². The van der Waals surface area contributed by atoms with Gasteiger partial charge in [-0.1, -0.05) is 6.07 Å². The van der Waals surface area contributed by atoms with Gasteiger partial charge in [-0.05, 0) is 48.6 Å². The summed E-state index contributed by atoms with van der Waals surface area (Å²) in [6.45, 7) is 6.22. The molecule has 2 rings (SSSR count). The highest BCUT2D eigenvalue weighted by atomic mass is 32.1. The Kier molecular flexibility index (Phi) is 4.82. The van der Waals surface area contributed by atoms with E-state index in [1.165, 1.54) is 10.4 Å². The molecule has 19 heavy (non-hydrogen) atoms. The van der Waals surface area contributed by atoms with Crippen molar-refractivity contribution in [2.24, 2.45) is 0 Å². The second-order valence-electron chi connectivity index (χ2n) is 4.37. The van der Waals surface area contributed by atoms with Gasteiger partial charge in [-0.3, -0.25) is 0 Å². The Morgan fingerprint density at radius 2 is 2.11 bits per heavy atom. The largest absolute Gasteiger partial charge is 0.504 e. The number of aryl methyl sites for hydroxylation is 1. The van der Waals surface area contributed by atoms with Crippen LogP contribution >= 0.6 is 11.3 Å². The fraction of sp³-hybridized carbons (Fsp3) is 0.333. The molecule has 2 aromatic rings. The summed E-state index contributed by atoms with van der Waals surface area (Å²) in [7, 11) is 0. The van der Waals surface area contributed by atoms with Gasteiger partial charge in [0.05, 0.1) is 6.61 Å². The lowest BCUT2D eigenvalue weighted by Gasteiger charge is -2.09. The Hall–Kier alpha value is -1.52. The summed E-state index contributed by atoms with van der Waals surface area (Å²) in [5.74, 6) is 0.744. The lowest BCUT2D eigenvalue weighted by Crippen LogP contribution is -2.12. The summed E-state index contributed by atoms with van der Waals surface area (Å²) < 4.78 is 5.37. The maximum Gasteiger partial charge on any atom is 0.161 e. The predicted molar refractivity (Wildman–Crippen MR) is 78.9 cm³/mol. The van der Waals surface area contributed by atoms with Crippen molar-refractivity contribution in [3.8, 4) is 11.5 Å². The molecule has 4 heteroatoms. The van der Waals surface area contributed by atoms with Crippen LogP contribution in [0.5, 0.6) is 11.5 Å². The van der Waals surface area contributed by atoms with E-state index in [1.807, 2.05) is 19.1 Å². The topological polar surface area (TPSA) is 41.5 Å². The van der Waals surface area contributed by atoms with Gasteiger partial charge in [0.25, 0.3) is 0 Å². The first kappa shape index (κ1) is 13.9. The van der Waals surface area contributed by atoms with Crippen LogP contribution in [0, 0.1) is 6.92 Å². The molecule has 0 aliphatic carbocycles. The standard InChI is InChI=1S/C15H19NO2S/c1-3-18-14-8-12(4-5-13(14)17)9-16-10-15-11(2)6-7-19-15/h4-8,16-17H,3,9-10H2,1-2H3. The Morgan fingerprint density at radius 3 is 2.79 bits per heavy atom. The van der Waals surface area contributed by atoms with Crippen molar-refractivity contribution in [2.75, 3.05) is 6.61 Å². The van der Waals surface area contributed by atoms with Crippen LogP contribution in [0.3, 0.4) is 0 Å². The number of thiophene rings is 1. The zero-order chi connectivity index (χ0) is 13.7. The molecule has 0 saturated heterocycles. The van der Waals surface area contributed by atoms with Crippen molar-refractivity contribution in [1.29, 1.82) is 0 Å². The lowest BCUT2D eigenvalue weighted by molar-refractivity contribution is 0.317. The maximum absolute atomic E-state index is 9.63. The van der Waals surface area contributed by atoms with E-state index in [-0.39, 0.29) is 5.75 Å². The molecule has 0 aliphatic rings. The Bertz CT molecular complexity index is 537. The third-order valence-electron chi connectivity index (χ3n) is 2.91. The van der Waals surface area contributed by atoms with Crippen molar-refractivity contribution in [2.45, 2.75) is 26.9 Å². The zero-order valence-electron chi connectivity index (χ0n) is 11.3. The van der Waals surface area contributed by atoms with Gasteiger partial charge in [-0.2, -0.15) is 0 Å². The number of rotatable bonds is 6. The highest BCUT2D eigenvalue weighted by Crippen LogP contribution is 2.26. The van der Waals surface area contributed by atoms with Gasteiger partial charge in [0.2, 0.25) is 0 Å². The van der Waals surface area contributed by atoms with Crippen LogP contribution in [0.2, 0.25) is 0 Å². The van der Waals surface area contributed by atoms with Crippen molar-refractivity contribution in [3.05, 3.63) is 45.6 Å². The first-order chi connectivity index (χ1) is 9.20. The summed E-state index contributed by atoms with van der Waals surface area (Å²) in [5.41, 5.74) is 2.44. The summed E-state index contributed by atoms with van der Waals surface area (Å²) in [4.78, 5) is 1.36. The van der Waals surface area contributed by atoms with Crippen LogP contribution in [0.15, 0.2) is 29.6 Å². The van der Waals surface area contributed by atoms with Gasteiger partial charge in [0.1, 0.15) is 0 Å². The van der Waals surface area contributed by atoms with E-state index in [4.69, 9.17) is 4.74 Å². The van der Waals surface area contributed by atoms with Crippen LogP contribution < -0.4 is 10.1 Å². The van der Waals surface area contributed by atoms with Crippen LogP contribution in [-0.4, -0.2) is 11.7 Å². The molecule has 3 nitrogen and oxygen atoms in total. The molecule has 102 valence electrons. The molecular formula is C15H19NO2S. The van der Waals surface area contributed by atoms with Gasteiger partial charge >= 0.3 is 0 Å². The molecule has 0 saturated carbocycles. The number of hydrogen-bond acceptors (Lipinski definition) is 4. The number of aromatic hydroxyl groups is 1. The average molecular weight is 277 g/mol. The van der Waals surface area contributed by atoms with Crippen LogP contribution in [-0.2, 0) is 13.1 Å². The second-order valence-corrected chi connectivity index (χ2v) is 5.37. The monoisotopic (exact) mass is 277 g/mol. The van der Waals surface area contributed by atoms with E-state index in [2.05, 4.69) is 23.7 Å². The number of ether oxygens (including phenoxy) is 1. The normalized spacial score (nSPS) is 10.6. The molecule has 0 spiro atoms. The summed E-state index contributed by atoms with van der Waals surface area (Å²) in [6.07, 6.45) is 0. The fourth-order valence-electron chi connectivity index (χ4n) is 1.85. The quantitative estimate of drug-likeness (QED) is 0.849. The third kappa shape index (κ3) is 3.72. The molecule has 1 aromatic carbocycles. The SMILES string of the molecule is CCOc1cc(CNCc2sccc2C)ccc1O. The molecule has 2 N–H and O–H groups in total. The van der Waals surface area contributed by atoms with Gasteiger partial charge < -0.3 is 15.2 Å². The van der Waals surface area contributed by atoms with Gasteiger partial charge in [-0.25, -0.2) is 0 Å². The molecule has 0 bridgehead atoms. The number of phenols is 1. The Morgan fingerprint density at radius 1 is 1.26 bits per heavy atom. The van der Waals surface area contributed by atoms with Crippen LogP contribution in [0.25, 0.3) is 0 Å². The average Bonchev–Trinajstić information content (AvgIpc) is 2.79. The minimum atomic E-state index is 0.194. The fourth-order valence-corrected chi connectivity index (χ4v) is 2.72. The van der Waals surface area contributed by atoms with E-state index >= 15 is 0 Å². The van der Waals surface area contributed by atoms with Gasteiger partial charge in [0.15, 0.2) is 11.5 Å². The second kappa shape index (κ2) is 6.59. The molecular weight excluding hydrogens is 258 g/mol. The van der Waals surface area contributed by atoms with Gasteiger partial charge in [0, 0.05) is 18.0 Å². The molecule has 0 radical (unpaired) electrons. The zero-order valence-corrected chi connectivity index (χ0v) is 12.1. The van der Waals surface area contributed by atoms with Crippen molar-refractivity contribution < 1.29 is 9.84 Å². The summed E-state index contributed by atoms with van der Waals surface area (Å²) >= 11 is 1.77. The third-order valence-corrected chi connectivity index (χ3v) is 3.93.